The molecule has 1 aliphatic carbocycles. The minimum absolute atomic E-state index is 0.0338. The molecule has 0 unspecified atom stereocenters. The van der Waals surface area contributed by atoms with Crippen molar-refractivity contribution < 1.29 is 22.7 Å². The molecule has 11 heteroatoms. The van der Waals surface area contributed by atoms with Crippen molar-refractivity contribution in [3.05, 3.63) is 52.8 Å². The molecule has 3 aromatic rings. The van der Waals surface area contributed by atoms with Gasteiger partial charge in [0.25, 0.3) is 5.91 Å². The average molecular weight is 543 g/mol. The number of amides is 1. The van der Waals surface area contributed by atoms with Crippen LogP contribution < -0.4 is 16.4 Å². The number of aromatic nitrogens is 2. The molecule has 1 aromatic heterocycles. The Hall–Kier alpha value is -3.60. The lowest BCUT2D eigenvalue weighted by Crippen LogP contribution is -2.41. The highest BCUT2D eigenvalue weighted by atomic mass is 19.4. The molecule has 1 aliphatic heterocycles. The summed E-state index contributed by atoms with van der Waals surface area (Å²) in [7, 11) is 0. The van der Waals surface area contributed by atoms with Gasteiger partial charge in [-0.25, -0.2) is 9.97 Å². The topological polar surface area (TPSA) is 105 Å². The maximum Gasteiger partial charge on any atom is 0.416 e. The first-order valence-electron chi connectivity index (χ1n) is 13.3. The SMILES string of the molecule is Cc1nc(N[C@H](C)c2cc(N)cc(C(F)(F)F)c2)c2cc(NC3CCCC3)c(C(=O)N3CCOCC3)cc2n1. The average Bonchev–Trinajstić information content (AvgIpc) is 3.41. The van der Waals surface area contributed by atoms with E-state index in [2.05, 4.69) is 20.6 Å². The predicted octanol–water partition coefficient (Wildman–Crippen LogP) is 5.54. The number of rotatable bonds is 6. The summed E-state index contributed by atoms with van der Waals surface area (Å²) in [5.41, 5.74) is 7.24. The minimum atomic E-state index is -4.51. The number of carbonyl (C=O) groups is 1. The number of hydrogen-bond donors (Lipinski definition) is 3. The van der Waals surface area contributed by atoms with Crippen LogP contribution in [0.1, 0.15) is 66.0 Å². The van der Waals surface area contributed by atoms with E-state index in [9.17, 15) is 18.0 Å². The highest BCUT2D eigenvalue weighted by Crippen LogP contribution is 2.35. The van der Waals surface area contributed by atoms with Crippen molar-refractivity contribution in [2.24, 2.45) is 0 Å². The molecule has 39 heavy (non-hydrogen) atoms. The largest absolute Gasteiger partial charge is 0.416 e. The van der Waals surface area contributed by atoms with E-state index in [1.54, 1.807) is 24.8 Å². The lowest BCUT2D eigenvalue weighted by molar-refractivity contribution is -0.137. The zero-order chi connectivity index (χ0) is 27.7. The Morgan fingerprint density at radius 3 is 2.51 bits per heavy atom. The third-order valence-electron chi connectivity index (χ3n) is 7.35. The van der Waals surface area contributed by atoms with E-state index in [4.69, 9.17) is 10.5 Å². The quantitative estimate of drug-likeness (QED) is 0.351. The number of fused-ring (bicyclic) bond motifs is 1. The van der Waals surface area contributed by atoms with E-state index < -0.39 is 17.8 Å². The molecule has 2 aliphatic rings. The van der Waals surface area contributed by atoms with Gasteiger partial charge in [0.2, 0.25) is 0 Å². The van der Waals surface area contributed by atoms with Gasteiger partial charge >= 0.3 is 6.18 Å². The van der Waals surface area contributed by atoms with Crippen molar-refractivity contribution in [2.45, 2.75) is 57.8 Å². The molecule has 0 spiro atoms. The van der Waals surface area contributed by atoms with Crippen LogP contribution in [0.15, 0.2) is 30.3 Å². The van der Waals surface area contributed by atoms with E-state index in [-0.39, 0.29) is 17.6 Å². The number of nitrogens with one attached hydrogen (secondary N) is 2. The normalized spacial score (nSPS) is 17.4. The molecule has 5 rings (SSSR count). The van der Waals surface area contributed by atoms with E-state index in [0.717, 1.165) is 37.8 Å². The Labute approximate surface area is 225 Å². The van der Waals surface area contributed by atoms with Gasteiger partial charge in [-0.15, -0.1) is 0 Å². The molecule has 1 saturated heterocycles. The fraction of sp³-hybridized carbons (Fsp3) is 0.464. The lowest BCUT2D eigenvalue weighted by Gasteiger charge is -2.28. The zero-order valence-electron chi connectivity index (χ0n) is 22.1. The number of hydrogen-bond acceptors (Lipinski definition) is 7. The van der Waals surface area contributed by atoms with Gasteiger partial charge in [0.15, 0.2) is 0 Å². The molecule has 208 valence electrons. The summed E-state index contributed by atoms with van der Waals surface area (Å²) in [4.78, 5) is 24.5. The first-order chi connectivity index (χ1) is 18.6. The molecule has 2 heterocycles. The first kappa shape index (κ1) is 27.0. The number of aryl methyl sites for hydroxylation is 1. The van der Waals surface area contributed by atoms with Crippen LogP contribution in [0.25, 0.3) is 10.9 Å². The van der Waals surface area contributed by atoms with Crippen LogP contribution in [0.3, 0.4) is 0 Å². The van der Waals surface area contributed by atoms with E-state index >= 15 is 0 Å². The fourth-order valence-corrected chi connectivity index (χ4v) is 5.30. The van der Waals surface area contributed by atoms with Gasteiger partial charge < -0.3 is 26.0 Å². The second kappa shape index (κ2) is 10.9. The zero-order valence-corrected chi connectivity index (χ0v) is 22.1. The van der Waals surface area contributed by atoms with Crippen LogP contribution in [0.5, 0.6) is 0 Å². The molecule has 1 saturated carbocycles. The summed E-state index contributed by atoms with van der Waals surface area (Å²) in [6, 6.07) is 6.94. The number of nitrogens with two attached hydrogens (primary N) is 1. The van der Waals surface area contributed by atoms with E-state index in [1.165, 1.54) is 6.07 Å². The smallest absolute Gasteiger partial charge is 0.399 e. The van der Waals surface area contributed by atoms with Crippen molar-refractivity contribution in [1.82, 2.24) is 14.9 Å². The third-order valence-corrected chi connectivity index (χ3v) is 7.35. The number of carbonyl (C=O) groups excluding carboxylic acids is 1. The summed E-state index contributed by atoms with van der Waals surface area (Å²) in [5, 5.41) is 7.52. The Morgan fingerprint density at radius 1 is 1.10 bits per heavy atom. The van der Waals surface area contributed by atoms with Crippen LogP contribution >= 0.6 is 0 Å². The monoisotopic (exact) mass is 542 g/mol. The molecule has 2 fully saturated rings. The van der Waals surface area contributed by atoms with Crippen LogP contribution in [-0.4, -0.2) is 53.1 Å². The van der Waals surface area contributed by atoms with Gasteiger partial charge in [-0.05, 0) is 62.6 Å². The first-order valence-corrected chi connectivity index (χ1v) is 13.3. The number of nitrogens with zero attached hydrogens (tertiary/aromatic N) is 3. The third kappa shape index (κ3) is 6.03. The Balaban J connectivity index is 1.54. The molecular formula is C28H33F3N6O2. The molecule has 1 amide bonds. The second-order valence-corrected chi connectivity index (χ2v) is 10.3. The number of morpholine rings is 1. The number of ether oxygens (including phenoxy) is 1. The molecule has 4 N–H and O–H groups in total. The van der Waals surface area contributed by atoms with Crippen LogP contribution in [0.4, 0.5) is 30.4 Å². The summed E-state index contributed by atoms with van der Waals surface area (Å²) in [6.45, 7) is 5.54. The van der Waals surface area contributed by atoms with E-state index in [1.807, 2.05) is 6.07 Å². The number of anilines is 3. The van der Waals surface area contributed by atoms with Crippen molar-refractivity contribution in [2.75, 3.05) is 42.7 Å². The van der Waals surface area contributed by atoms with Crippen molar-refractivity contribution in [3.8, 4) is 0 Å². The maximum absolute atomic E-state index is 13.6. The molecule has 8 nitrogen and oxygen atoms in total. The van der Waals surface area contributed by atoms with Crippen LogP contribution in [-0.2, 0) is 10.9 Å². The number of nitrogen functional groups attached to an aromatic ring is 1. The Bertz CT molecular complexity index is 1370. The molecule has 1 atom stereocenters. The highest BCUT2D eigenvalue weighted by molar-refractivity contribution is 6.05. The summed E-state index contributed by atoms with van der Waals surface area (Å²) in [6.07, 6.45) is -0.207. The summed E-state index contributed by atoms with van der Waals surface area (Å²) >= 11 is 0. The van der Waals surface area contributed by atoms with Crippen molar-refractivity contribution in [1.29, 1.82) is 0 Å². The second-order valence-electron chi connectivity index (χ2n) is 10.3. The summed E-state index contributed by atoms with van der Waals surface area (Å²) in [5.74, 6) is 0.863. The lowest BCUT2D eigenvalue weighted by atomic mass is 10.0. The van der Waals surface area contributed by atoms with Crippen LogP contribution in [0, 0.1) is 6.92 Å². The summed E-state index contributed by atoms with van der Waals surface area (Å²) < 4.78 is 45.6. The molecular weight excluding hydrogens is 509 g/mol. The highest BCUT2D eigenvalue weighted by Gasteiger charge is 2.31. The number of benzene rings is 2. The Morgan fingerprint density at radius 2 is 1.82 bits per heavy atom. The minimum Gasteiger partial charge on any atom is -0.399 e. The maximum atomic E-state index is 13.6. The van der Waals surface area contributed by atoms with Gasteiger partial charge in [0, 0.05) is 35.9 Å². The van der Waals surface area contributed by atoms with Crippen molar-refractivity contribution >= 4 is 34.0 Å². The van der Waals surface area contributed by atoms with Gasteiger partial charge in [-0.3, -0.25) is 4.79 Å². The van der Waals surface area contributed by atoms with E-state index in [0.29, 0.717) is 65.7 Å². The predicted molar refractivity (Wildman–Crippen MR) is 145 cm³/mol. The van der Waals surface area contributed by atoms with Gasteiger partial charge in [-0.1, -0.05) is 12.8 Å². The fourth-order valence-electron chi connectivity index (χ4n) is 5.30. The van der Waals surface area contributed by atoms with Gasteiger partial charge in [-0.2, -0.15) is 13.2 Å². The standard InChI is InChI=1S/C28H33F3N6O2/c1-16(18-11-19(28(29,30)31)13-20(32)12-18)33-26-22-14-25(36-21-5-3-4-6-21)23(15-24(22)34-17(2)35-26)27(38)37-7-9-39-10-8-37/h11-16,21,36H,3-10,32H2,1-2H3,(H,33,34,35)/t16-/m1/s1. The number of halogens is 3. The molecule has 2 aromatic carbocycles. The molecule has 0 bridgehead atoms. The Kier molecular flexibility index (Phi) is 7.53. The van der Waals surface area contributed by atoms with Crippen LogP contribution in [0.2, 0.25) is 0 Å². The number of alkyl halides is 3. The van der Waals surface area contributed by atoms with Gasteiger partial charge in [0.1, 0.15) is 11.6 Å². The van der Waals surface area contributed by atoms with Gasteiger partial charge in [0.05, 0.1) is 35.9 Å². The molecule has 0 radical (unpaired) electrons. The van der Waals surface area contributed by atoms with Crippen molar-refractivity contribution in [3.63, 3.8) is 0 Å².